The highest BCUT2D eigenvalue weighted by Gasteiger charge is 2.21. The second-order valence-corrected chi connectivity index (χ2v) is 6.16. The lowest BCUT2D eigenvalue weighted by Gasteiger charge is -2.27. The number of rotatable bonds is 4. The van der Waals surface area contributed by atoms with Gasteiger partial charge in [0.2, 0.25) is 5.95 Å². The van der Waals surface area contributed by atoms with Gasteiger partial charge in [-0.15, -0.1) is 16.1 Å². The zero-order chi connectivity index (χ0) is 15.2. The molecule has 1 aromatic heterocycles. The largest absolute Gasteiger partial charge is 0.341 e. The Morgan fingerprint density at radius 2 is 1.86 bits per heavy atom. The molecular formula is C17H20N4S. The summed E-state index contributed by atoms with van der Waals surface area (Å²) in [6, 6.07) is 10.3. The summed E-state index contributed by atoms with van der Waals surface area (Å²) in [6.07, 6.45) is 3.76. The summed E-state index contributed by atoms with van der Waals surface area (Å²) in [5.41, 5.74) is 1.11. The van der Waals surface area contributed by atoms with E-state index >= 15 is 0 Å². The van der Waals surface area contributed by atoms with Crippen molar-refractivity contribution in [3.63, 3.8) is 0 Å². The highest BCUT2D eigenvalue weighted by Crippen LogP contribution is 2.27. The van der Waals surface area contributed by atoms with Crippen molar-refractivity contribution in [2.75, 3.05) is 23.7 Å². The molecule has 0 spiro atoms. The van der Waals surface area contributed by atoms with Gasteiger partial charge in [-0.2, -0.15) is 0 Å². The number of aromatic nitrogens is 3. The Balaban J connectivity index is 1.96. The molecule has 1 aliphatic heterocycles. The number of piperidine rings is 1. The second-order valence-electron chi connectivity index (χ2n) is 5.22. The van der Waals surface area contributed by atoms with Crippen LogP contribution in [0, 0.1) is 11.8 Å². The molecule has 1 aliphatic rings. The molecule has 0 N–H and O–H groups in total. The highest BCUT2D eigenvalue weighted by molar-refractivity contribution is 7.99. The van der Waals surface area contributed by atoms with Crippen molar-refractivity contribution in [2.45, 2.75) is 31.3 Å². The summed E-state index contributed by atoms with van der Waals surface area (Å²) in [5.74, 6) is 7.71. The molecular weight excluding hydrogens is 292 g/mol. The molecule has 3 rings (SSSR count). The number of thioether (sulfide) groups is 1. The Kier molecular flexibility index (Phi) is 5.02. The Bertz CT molecular complexity index is 663. The molecule has 2 heterocycles. The van der Waals surface area contributed by atoms with Crippen LogP contribution in [0.25, 0.3) is 5.69 Å². The Morgan fingerprint density at radius 3 is 2.59 bits per heavy atom. The average molecular weight is 312 g/mol. The van der Waals surface area contributed by atoms with Gasteiger partial charge in [-0.25, -0.2) is 0 Å². The van der Waals surface area contributed by atoms with E-state index in [0.29, 0.717) is 0 Å². The predicted octanol–water partition coefficient (Wildman–Crippen LogP) is 3.37. The molecule has 2 aromatic rings. The molecule has 0 radical (unpaired) electrons. The minimum atomic E-state index is 0.738. The quantitative estimate of drug-likeness (QED) is 0.640. The van der Waals surface area contributed by atoms with Crippen LogP contribution in [-0.2, 0) is 0 Å². The first kappa shape index (κ1) is 15.0. The van der Waals surface area contributed by atoms with Gasteiger partial charge >= 0.3 is 0 Å². The lowest BCUT2D eigenvalue weighted by atomic mass is 10.1. The summed E-state index contributed by atoms with van der Waals surface area (Å²) in [5, 5.41) is 9.78. The molecule has 4 nitrogen and oxygen atoms in total. The fourth-order valence-electron chi connectivity index (χ4n) is 2.63. The van der Waals surface area contributed by atoms with Crippen LogP contribution in [0.5, 0.6) is 0 Å². The standard InChI is InChI=1S/C17H20N4S/c1-2-3-14-22-17-19-18-16(20-12-8-5-9-13-20)21(17)15-10-6-4-7-11-15/h4,6-7,10-11H,5,8-9,12-14H2,1H3. The first-order chi connectivity index (χ1) is 10.9. The van der Waals surface area contributed by atoms with Crippen molar-refractivity contribution in [1.29, 1.82) is 0 Å². The van der Waals surface area contributed by atoms with Gasteiger partial charge in [-0.3, -0.25) is 4.57 Å². The second kappa shape index (κ2) is 7.37. The zero-order valence-electron chi connectivity index (χ0n) is 12.8. The van der Waals surface area contributed by atoms with Gasteiger partial charge in [-0.1, -0.05) is 35.9 Å². The number of nitrogens with zero attached hydrogens (tertiary/aromatic N) is 4. The number of benzene rings is 1. The van der Waals surface area contributed by atoms with E-state index in [2.05, 4.69) is 55.8 Å². The summed E-state index contributed by atoms with van der Waals surface area (Å²) < 4.78 is 2.16. The van der Waals surface area contributed by atoms with E-state index in [1.807, 2.05) is 13.0 Å². The van der Waals surface area contributed by atoms with Crippen LogP contribution in [0.15, 0.2) is 35.5 Å². The monoisotopic (exact) mass is 312 g/mol. The maximum Gasteiger partial charge on any atom is 0.232 e. The van der Waals surface area contributed by atoms with E-state index in [1.54, 1.807) is 11.8 Å². The SMILES string of the molecule is CC#CCSc1nnc(N2CCCCC2)n1-c1ccccc1. The normalized spacial score (nSPS) is 14.5. The summed E-state index contributed by atoms with van der Waals surface area (Å²) in [7, 11) is 0. The molecule has 114 valence electrons. The summed E-state index contributed by atoms with van der Waals surface area (Å²) >= 11 is 1.64. The van der Waals surface area contributed by atoms with E-state index < -0.39 is 0 Å². The van der Waals surface area contributed by atoms with Gasteiger partial charge in [0, 0.05) is 13.1 Å². The van der Waals surface area contributed by atoms with Crippen molar-refractivity contribution in [1.82, 2.24) is 14.8 Å². The minimum absolute atomic E-state index is 0.738. The van der Waals surface area contributed by atoms with E-state index in [9.17, 15) is 0 Å². The fourth-order valence-corrected chi connectivity index (χ4v) is 3.39. The zero-order valence-corrected chi connectivity index (χ0v) is 13.6. The van der Waals surface area contributed by atoms with E-state index in [4.69, 9.17) is 0 Å². The maximum absolute atomic E-state index is 4.46. The van der Waals surface area contributed by atoms with Crippen LogP contribution in [0.4, 0.5) is 5.95 Å². The molecule has 5 heteroatoms. The number of para-hydroxylation sites is 1. The van der Waals surface area contributed by atoms with Crippen LogP contribution in [0.1, 0.15) is 26.2 Å². The predicted molar refractivity (Wildman–Crippen MR) is 91.6 cm³/mol. The maximum atomic E-state index is 4.46. The molecule has 0 atom stereocenters. The Hall–Kier alpha value is -1.93. The molecule has 1 saturated heterocycles. The molecule has 1 fully saturated rings. The van der Waals surface area contributed by atoms with Crippen LogP contribution in [-0.4, -0.2) is 33.6 Å². The first-order valence-corrected chi connectivity index (χ1v) is 8.67. The van der Waals surface area contributed by atoms with Crippen molar-refractivity contribution in [2.24, 2.45) is 0 Å². The van der Waals surface area contributed by atoms with Crippen LogP contribution >= 0.6 is 11.8 Å². The van der Waals surface area contributed by atoms with Gasteiger partial charge in [0.1, 0.15) is 0 Å². The third-order valence-corrected chi connectivity index (χ3v) is 4.53. The fraction of sp³-hybridized carbons (Fsp3) is 0.412. The molecule has 22 heavy (non-hydrogen) atoms. The first-order valence-electron chi connectivity index (χ1n) is 7.68. The molecule has 0 bridgehead atoms. The molecule has 1 aromatic carbocycles. The van der Waals surface area contributed by atoms with Gasteiger partial charge < -0.3 is 4.90 Å². The summed E-state index contributed by atoms with van der Waals surface area (Å²) in [6.45, 7) is 3.98. The molecule has 0 aliphatic carbocycles. The molecule has 0 amide bonds. The topological polar surface area (TPSA) is 34.0 Å². The van der Waals surface area contributed by atoms with Gasteiger partial charge in [0.05, 0.1) is 11.4 Å². The van der Waals surface area contributed by atoms with E-state index in [0.717, 1.165) is 35.6 Å². The number of anilines is 1. The lowest BCUT2D eigenvalue weighted by Crippen LogP contribution is -2.31. The minimum Gasteiger partial charge on any atom is -0.341 e. The van der Waals surface area contributed by atoms with Crippen molar-refractivity contribution in [3.8, 4) is 17.5 Å². The van der Waals surface area contributed by atoms with Crippen LogP contribution in [0.3, 0.4) is 0 Å². The van der Waals surface area contributed by atoms with Gasteiger partial charge in [0.25, 0.3) is 0 Å². The molecule has 0 unspecified atom stereocenters. The highest BCUT2D eigenvalue weighted by atomic mass is 32.2. The smallest absolute Gasteiger partial charge is 0.232 e. The average Bonchev–Trinajstić information content (AvgIpc) is 3.01. The Morgan fingerprint density at radius 1 is 1.09 bits per heavy atom. The van der Waals surface area contributed by atoms with Crippen molar-refractivity contribution < 1.29 is 0 Å². The van der Waals surface area contributed by atoms with E-state index in [1.165, 1.54) is 19.3 Å². The van der Waals surface area contributed by atoms with E-state index in [-0.39, 0.29) is 0 Å². The van der Waals surface area contributed by atoms with Crippen molar-refractivity contribution in [3.05, 3.63) is 30.3 Å². The Labute approximate surface area is 135 Å². The van der Waals surface area contributed by atoms with Gasteiger partial charge in [0.15, 0.2) is 5.16 Å². The van der Waals surface area contributed by atoms with Crippen molar-refractivity contribution >= 4 is 17.7 Å². The summed E-state index contributed by atoms with van der Waals surface area (Å²) in [4.78, 5) is 2.35. The number of hydrogen-bond donors (Lipinski definition) is 0. The van der Waals surface area contributed by atoms with Crippen LogP contribution < -0.4 is 4.90 Å². The molecule has 0 saturated carbocycles. The third-order valence-electron chi connectivity index (χ3n) is 3.72. The lowest BCUT2D eigenvalue weighted by molar-refractivity contribution is 0.564. The van der Waals surface area contributed by atoms with Gasteiger partial charge in [-0.05, 0) is 38.3 Å². The number of hydrogen-bond acceptors (Lipinski definition) is 4. The third kappa shape index (κ3) is 3.28. The van der Waals surface area contributed by atoms with Crippen LogP contribution in [0.2, 0.25) is 0 Å².